The molecule has 2 aromatic rings. The van der Waals surface area contributed by atoms with Crippen LogP contribution in [-0.4, -0.2) is 39.9 Å². The Morgan fingerprint density at radius 2 is 1.93 bits per heavy atom. The lowest BCUT2D eigenvalue weighted by atomic mass is 9.98. The molecule has 0 fully saturated rings. The fourth-order valence-electron chi connectivity index (χ4n) is 3.80. The summed E-state index contributed by atoms with van der Waals surface area (Å²) in [6, 6.07) is 11.8. The van der Waals surface area contributed by atoms with Crippen LogP contribution in [0.15, 0.2) is 36.4 Å². The first kappa shape index (κ1) is 20.8. The zero-order chi connectivity index (χ0) is 20.6. The van der Waals surface area contributed by atoms with Crippen LogP contribution in [0.2, 0.25) is 0 Å². The maximum atomic E-state index is 12.2. The number of urea groups is 1. The summed E-state index contributed by atoms with van der Waals surface area (Å²) in [6.45, 7) is 5.07. The lowest BCUT2D eigenvalue weighted by Crippen LogP contribution is -2.31. The first-order valence-electron chi connectivity index (χ1n) is 10.3. The predicted octanol–water partition coefficient (Wildman–Crippen LogP) is 4.23. The predicted molar refractivity (Wildman–Crippen MR) is 118 cm³/mol. The van der Waals surface area contributed by atoms with E-state index in [-0.39, 0.29) is 6.03 Å². The average Bonchev–Trinajstić information content (AvgIpc) is 2.74. The minimum atomic E-state index is -0.232. The van der Waals surface area contributed by atoms with Gasteiger partial charge in [0, 0.05) is 37.1 Å². The van der Waals surface area contributed by atoms with Gasteiger partial charge in [-0.15, -0.1) is 0 Å². The third-order valence-corrected chi connectivity index (χ3v) is 5.19. The molecule has 2 N–H and O–H groups in total. The summed E-state index contributed by atoms with van der Waals surface area (Å²) < 4.78 is 10.5. The third kappa shape index (κ3) is 5.34. The summed E-state index contributed by atoms with van der Waals surface area (Å²) in [6.07, 6.45) is 4.32. The molecular weight excluding hydrogens is 366 g/mol. The van der Waals surface area contributed by atoms with Crippen molar-refractivity contribution in [3.8, 4) is 11.5 Å². The van der Waals surface area contributed by atoms with Crippen molar-refractivity contribution in [3.05, 3.63) is 47.5 Å². The molecule has 0 saturated heterocycles. The number of aryl methyl sites for hydroxylation is 1. The van der Waals surface area contributed by atoms with E-state index in [0.717, 1.165) is 25.9 Å². The van der Waals surface area contributed by atoms with Crippen LogP contribution in [0.25, 0.3) is 0 Å². The Morgan fingerprint density at radius 1 is 1.10 bits per heavy atom. The molecular formula is C23H31N3O3. The molecule has 0 aliphatic carbocycles. The molecule has 1 aliphatic heterocycles. The standard InChI is InChI=1S/C23H31N3O3/c1-4-13-26-14-5-6-18-15-17(7-9-20(18)26)11-12-24-23(27)25-19-8-10-21(28-2)22(16-19)29-3/h7-10,15-16H,4-6,11-14H2,1-3H3,(H2,24,25,27). The minimum absolute atomic E-state index is 0.232. The van der Waals surface area contributed by atoms with Crippen molar-refractivity contribution in [1.29, 1.82) is 0 Å². The van der Waals surface area contributed by atoms with Gasteiger partial charge in [0.2, 0.25) is 0 Å². The van der Waals surface area contributed by atoms with Crippen LogP contribution < -0.4 is 25.0 Å². The molecule has 2 aromatic carbocycles. The molecule has 1 heterocycles. The molecule has 6 nitrogen and oxygen atoms in total. The van der Waals surface area contributed by atoms with Crippen LogP contribution in [0.1, 0.15) is 30.9 Å². The number of benzene rings is 2. The number of hydrogen-bond donors (Lipinski definition) is 2. The second-order valence-electron chi connectivity index (χ2n) is 7.25. The Hall–Kier alpha value is -2.89. The van der Waals surface area contributed by atoms with E-state index in [1.165, 1.54) is 29.7 Å². The number of hydrogen-bond acceptors (Lipinski definition) is 4. The molecule has 3 rings (SSSR count). The number of carbonyl (C=O) groups is 1. The summed E-state index contributed by atoms with van der Waals surface area (Å²) in [4.78, 5) is 14.7. The molecule has 156 valence electrons. The van der Waals surface area contributed by atoms with Gasteiger partial charge in [0.15, 0.2) is 11.5 Å². The molecule has 1 aliphatic rings. The molecule has 2 amide bonds. The van der Waals surface area contributed by atoms with Crippen molar-refractivity contribution in [2.24, 2.45) is 0 Å². The SMILES string of the molecule is CCCN1CCCc2cc(CCNC(=O)Nc3ccc(OC)c(OC)c3)ccc21. The van der Waals surface area contributed by atoms with Gasteiger partial charge in [-0.3, -0.25) is 0 Å². The summed E-state index contributed by atoms with van der Waals surface area (Å²) in [7, 11) is 3.15. The first-order chi connectivity index (χ1) is 14.1. The number of methoxy groups -OCH3 is 2. The van der Waals surface area contributed by atoms with E-state index in [1.54, 1.807) is 32.4 Å². The zero-order valence-corrected chi connectivity index (χ0v) is 17.6. The van der Waals surface area contributed by atoms with Gasteiger partial charge < -0.3 is 25.0 Å². The van der Waals surface area contributed by atoms with Gasteiger partial charge in [0.25, 0.3) is 0 Å². The van der Waals surface area contributed by atoms with E-state index in [1.807, 2.05) is 0 Å². The maximum absolute atomic E-state index is 12.2. The van der Waals surface area contributed by atoms with E-state index in [4.69, 9.17) is 9.47 Å². The lowest BCUT2D eigenvalue weighted by molar-refractivity contribution is 0.252. The molecule has 6 heteroatoms. The number of nitrogens with zero attached hydrogens (tertiary/aromatic N) is 1. The Bertz CT molecular complexity index is 838. The number of fused-ring (bicyclic) bond motifs is 1. The molecule has 0 radical (unpaired) electrons. The smallest absolute Gasteiger partial charge is 0.319 e. The van der Waals surface area contributed by atoms with Crippen molar-refractivity contribution >= 4 is 17.4 Å². The molecule has 29 heavy (non-hydrogen) atoms. The average molecular weight is 398 g/mol. The van der Waals surface area contributed by atoms with Crippen LogP contribution in [-0.2, 0) is 12.8 Å². The van der Waals surface area contributed by atoms with Crippen molar-refractivity contribution in [3.63, 3.8) is 0 Å². The Balaban J connectivity index is 1.52. The molecule has 0 aromatic heterocycles. The van der Waals surface area contributed by atoms with Crippen molar-refractivity contribution < 1.29 is 14.3 Å². The van der Waals surface area contributed by atoms with E-state index in [9.17, 15) is 4.79 Å². The van der Waals surface area contributed by atoms with Crippen LogP contribution in [0.4, 0.5) is 16.2 Å². The van der Waals surface area contributed by atoms with Crippen molar-refractivity contribution in [1.82, 2.24) is 5.32 Å². The second-order valence-corrected chi connectivity index (χ2v) is 7.25. The van der Waals surface area contributed by atoms with Crippen LogP contribution in [0.3, 0.4) is 0 Å². The monoisotopic (exact) mass is 397 g/mol. The molecule has 0 unspecified atom stereocenters. The summed E-state index contributed by atoms with van der Waals surface area (Å²) in [5.74, 6) is 1.21. The molecule has 0 saturated carbocycles. The first-order valence-corrected chi connectivity index (χ1v) is 10.3. The highest BCUT2D eigenvalue weighted by Crippen LogP contribution is 2.30. The van der Waals surface area contributed by atoms with Crippen LogP contribution >= 0.6 is 0 Å². The molecule has 0 spiro atoms. The van der Waals surface area contributed by atoms with E-state index >= 15 is 0 Å². The van der Waals surface area contributed by atoms with Crippen LogP contribution in [0, 0.1) is 0 Å². The number of carbonyl (C=O) groups excluding carboxylic acids is 1. The fraction of sp³-hybridized carbons (Fsp3) is 0.435. The van der Waals surface area contributed by atoms with Crippen LogP contribution in [0.5, 0.6) is 11.5 Å². The number of rotatable bonds is 8. The summed E-state index contributed by atoms with van der Waals surface area (Å²) >= 11 is 0. The Morgan fingerprint density at radius 3 is 2.69 bits per heavy atom. The van der Waals surface area contributed by atoms with Crippen molar-refractivity contribution in [2.75, 3.05) is 44.1 Å². The summed E-state index contributed by atoms with van der Waals surface area (Å²) in [5, 5.41) is 5.75. The van der Waals surface area contributed by atoms with Gasteiger partial charge in [-0.25, -0.2) is 4.79 Å². The quantitative estimate of drug-likeness (QED) is 0.700. The van der Waals surface area contributed by atoms with Gasteiger partial charge in [-0.1, -0.05) is 19.1 Å². The van der Waals surface area contributed by atoms with Gasteiger partial charge in [-0.2, -0.15) is 0 Å². The normalized spacial score (nSPS) is 12.9. The van der Waals surface area contributed by atoms with Gasteiger partial charge in [0.1, 0.15) is 0 Å². The zero-order valence-electron chi connectivity index (χ0n) is 17.6. The fourth-order valence-corrected chi connectivity index (χ4v) is 3.80. The number of nitrogens with one attached hydrogen (secondary N) is 2. The highest BCUT2D eigenvalue weighted by atomic mass is 16.5. The minimum Gasteiger partial charge on any atom is -0.493 e. The van der Waals surface area contributed by atoms with E-state index in [0.29, 0.717) is 23.7 Å². The van der Waals surface area contributed by atoms with Crippen molar-refractivity contribution in [2.45, 2.75) is 32.6 Å². The lowest BCUT2D eigenvalue weighted by Gasteiger charge is -2.31. The number of amides is 2. The number of anilines is 2. The Labute approximate surface area is 173 Å². The highest BCUT2D eigenvalue weighted by molar-refractivity contribution is 5.89. The van der Waals surface area contributed by atoms with E-state index in [2.05, 4.69) is 40.7 Å². The van der Waals surface area contributed by atoms with Gasteiger partial charge >= 0.3 is 6.03 Å². The third-order valence-electron chi connectivity index (χ3n) is 5.19. The second kappa shape index (κ2) is 10.0. The van der Waals surface area contributed by atoms with Gasteiger partial charge in [0.05, 0.1) is 14.2 Å². The molecule has 0 atom stereocenters. The topological polar surface area (TPSA) is 62.8 Å². The summed E-state index contributed by atoms with van der Waals surface area (Å²) in [5.41, 5.74) is 4.72. The largest absolute Gasteiger partial charge is 0.493 e. The highest BCUT2D eigenvalue weighted by Gasteiger charge is 2.16. The van der Waals surface area contributed by atoms with Gasteiger partial charge in [-0.05, 0) is 55.0 Å². The van der Waals surface area contributed by atoms with E-state index < -0.39 is 0 Å². The Kier molecular flexibility index (Phi) is 7.22. The number of ether oxygens (including phenoxy) is 2. The maximum Gasteiger partial charge on any atom is 0.319 e. The molecule has 0 bridgehead atoms.